The molecule has 1 amide bonds. The fourth-order valence-electron chi connectivity index (χ4n) is 1.93. The minimum absolute atomic E-state index is 0.0370. The summed E-state index contributed by atoms with van der Waals surface area (Å²) in [6, 6.07) is 3.71. The van der Waals surface area contributed by atoms with E-state index in [2.05, 4.69) is 10.3 Å². The first kappa shape index (κ1) is 14.7. The molecule has 0 bridgehead atoms. The van der Waals surface area contributed by atoms with Crippen molar-refractivity contribution in [1.29, 1.82) is 0 Å². The molecule has 2 aromatic heterocycles. The number of pyridine rings is 1. The molecule has 5 nitrogen and oxygen atoms in total. The zero-order chi connectivity index (χ0) is 14.7. The van der Waals surface area contributed by atoms with Crippen LogP contribution in [0.15, 0.2) is 18.3 Å². The van der Waals surface area contributed by atoms with Crippen LogP contribution in [0.4, 0.5) is 5.69 Å². The van der Waals surface area contributed by atoms with Crippen molar-refractivity contribution in [3.8, 4) is 0 Å². The van der Waals surface area contributed by atoms with Crippen molar-refractivity contribution < 1.29 is 9.53 Å². The second kappa shape index (κ2) is 6.19. The zero-order valence-corrected chi connectivity index (χ0v) is 12.7. The molecule has 0 aliphatic rings. The monoisotopic (exact) mass is 293 g/mol. The van der Waals surface area contributed by atoms with Gasteiger partial charge < -0.3 is 15.8 Å². The normalized spacial score (nSPS) is 12.8. The number of nitrogens with two attached hydrogens (primary N) is 1. The average Bonchev–Trinajstić information content (AvgIpc) is 2.76. The van der Waals surface area contributed by atoms with Crippen LogP contribution in [0.1, 0.15) is 23.5 Å². The number of carbonyl (C=O) groups is 1. The number of ether oxygens (including phenoxy) is 1. The maximum Gasteiger partial charge on any atom is 0.263 e. The second-order valence-electron chi connectivity index (χ2n) is 4.97. The highest BCUT2D eigenvalue weighted by atomic mass is 32.1. The largest absolute Gasteiger partial charge is 0.396 e. The van der Waals surface area contributed by atoms with Crippen LogP contribution in [0.25, 0.3) is 10.2 Å². The van der Waals surface area contributed by atoms with Crippen molar-refractivity contribution in [2.75, 3.05) is 19.5 Å². The van der Waals surface area contributed by atoms with Crippen molar-refractivity contribution in [1.82, 2.24) is 10.3 Å². The van der Waals surface area contributed by atoms with Crippen LogP contribution >= 0.6 is 11.3 Å². The van der Waals surface area contributed by atoms with Crippen LogP contribution < -0.4 is 11.1 Å². The number of carbonyl (C=O) groups excluding carboxylic acids is 1. The minimum atomic E-state index is -0.166. The molecule has 3 N–H and O–H groups in total. The molecule has 1 unspecified atom stereocenters. The Hall–Kier alpha value is -1.66. The number of nitrogen functional groups attached to an aromatic ring is 1. The molecule has 0 radical (unpaired) electrons. The molecule has 0 aliphatic carbocycles. The highest BCUT2D eigenvalue weighted by molar-refractivity contribution is 7.21. The van der Waals surface area contributed by atoms with Crippen LogP contribution in [0, 0.1) is 5.92 Å². The third-order valence-electron chi connectivity index (χ3n) is 3.16. The van der Waals surface area contributed by atoms with Crippen LogP contribution in [-0.4, -0.2) is 30.6 Å². The summed E-state index contributed by atoms with van der Waals surface area (Å²) in [4.78, 5) is 17.1. The van der Waals surface area contributed by atoms with Crippen molar-refractivity contribution in [3.63, 3.8) is 0 Å². The molecule has 2 rings (SSSR count). The number of aromatic nitrogens is 1. The molecular formula is C14H19N3O2S. The fraction of sp³-hybridized carbons (Fsp3) is 0.429. The quantitative estimate of drug-likeness (QED) is 0.886. The van der Waals surface area contributed by atoms with Gasteiger partial charge in [0, 0.05) is 13.3 Å². The Morgan fingerprint density at radius 3 is 2.90 bits per heavy atom. The number of methoxy groups -OCH3 is 1. The SMILES string of the molecule is COCC(NC(=O)c1sc2cccnc2c1N)C(C)C. The Bertz CT molecular complexity index is 609. The van der Waals surface area contributed by atoms with E-state index in [1.54, 1.807) is 13.3 Å². The summed E-state index contributed by atoms with van der Waals surface area (Å²) in [6.07, 6.45) is 1.68. The Kier molecular flexibility index (Phi) is 4.57. The lowest BCUT2D eigenvalue weighted by Crippen LogP contribution is -2.41. The molecule has 0 spiro atoms. The first-order chi connectivity index (χ1) is 9.54. The van der Waals surface area contributed by atoms with Gasteiger partial charge in [0.25, 0.3) is 5.91 Å². The number of amides is 1. The third kappa shape index (κ3) is 2.91. The first-order valence-electron chi connectivity index (χ1n) is 6.47. The van der Waals surface area contributed by atoms with E-state index < -0.39 is 0 Å². The van der Waals surface area contributed by atoms with Gasteiger partial charge in [-0.15, -0.1) is 11.3 Å². The lowest BCUT2D eigenvalue weighted by Gasteiger charge is -2.21. The topological polar surface area (TPSA) is 77.2 Å². The molecule has 6 heteroatoms. The molecule has 0 fully saturated rings. The Balaban J connectivity index is 2.24. The predicted octanol–water partition coefficient (Wildman–Crippen LogP) is 2.28. The Labute approximate surface area is 122 Å². The Morgan fingerprint density at radius 2 is 2.30 bits per heavy atom. The van der Waals surface area contributed by atoms with Crippen molar-refractivity contribution >= 4 is 33.1 Å². The van der Waals surface area contributed by atoms with Gasteiger partial charge in [0.2, 0.25) is 0 Å². The predicted molar refractivity (Wildman–Crippen MR) is 82.0 cm³/mol. The highest BCUT2D eigenvalue weighted by Crippen LogP contribution is 2.31. The van der Waals surface area contributed by atoms with Crippen LogP contribution in [-0.2, 0) is 4.74 Å². The molecule has 20 heavy (non-hydrogen) atoms. The van der Waals surface area contributed by atoms with E-state index in [0.29, 0.717) is 22.7 Å². The van der Waals surface area contributed by atoms with Crippen molar-refractivity contribution in [2.45, 2.75) is 19.9 Å². The van der Waals surface area contributed by atoms with Crippen molar-refractivity contribution in [3.05, 3.63) is 23.2 Å². The van der Waals surface area contributed by atoms with E-state index in [4.69, 9.17) is 10.5 Å². The number of anilines is 1. The zero-order valence-electron chi connectivity index (χ0n) is 11.8. The van der Waals surface area contributed by atoms with E-state index in [1.807, 2.05) is 26.0 Å². The Morgan fingerprint density at radius 1 is 1.55 bits per heavy atom. The summed E-state index contributed by atoms with van der Waals surface area (Å²) in [6.45, 7) is 4.56. The average molecular weight is 293 g/mol. The second-order valence-corrected chi connectivity index (χ2v) is 6.03. The summed E-state index contributed by atoms with van der Waals surface area (Å²) in [5, 5.41) is 2.97. The van der Waals surface area contributed by atoms with Gasteiger partial charge in [-0.1, -0.05) is 13.8 Å². The van der Waals surface area contributed by atoms with Gasteiger partial charge in [-0.2, -0.15) is 0 Å². The van der Waals surface area contributed by atoms with E-state index >= 15 is 0 Å². The lowest BCUT2D eigenvalue weighted by atomic mass is 10.1. The summed E-state index contributed by atoms with van der Waals surface area (Å²) in [5.41, 5.74) is 7.16. The number of nitrogens with one attached hydrogen (secondary N) is 1. The van der Waals surface area contributed by atoms with Gasteiger partial charge >= 0.3 is 0 Å². The van der Waals surface area contributed by atoms with Gasteiger partial charge in [-0.05, 0) is 18.1 Å². The van der Waals surface area contributed by atoms with Crippen molar-refractivity contribution in [2.24, 2.45) is 5.92 Å². The number of thiophene rings is 1. The van der Waals surface area contributed by atoms with Gasteiger partial charge in [0.1, 0.15) is 10.4 Å². The van der Waals surface area contributed by atoms with Crippen LogP contribution in [0.2, 0.25) is 0 Å². The first-order valence-corrected chi connectivity index (χ1v) is 7.29. The summed E-state index contributed by atoms with van der Waals surface area (Å²) in [5.74, 6) is 0.119. The molecule has 2 aromatic rings. The smallest absolute Gasteiger partial charge is 0.263 e. The number of nitrogens with zero attached hydrogens (tertiary/aromatic N) is 1. The maximum atomic E-state index is 12.4. The number of rotatable bonds is 5. The number of fused-ring (bicyclic) bond motifs is 1. The maximum absolute atomic E-state index is 12.4. The molecule has 108 valence electrons. The van der Waals surface area contributed by atoms with Gasteiger partial charge in [-0.25, -0.2) is 0 Å². The van der Waals surface area contributed by atoms with E-state index in [1.165, 1.54) is 11.3 Å². The van der Waals surface area contributed by atoms with E-state index in [9.17, 15) is 4.79 Å². The number of hydrogen-bond donors (Lipinski definition) is 2. The molecule has 1 atom stereocenters. The van der Waals surface area contributed by atoms with Crippen LogP contribution in [0.3, 0.4) is 0 Å². The van der Waals surface area contributed by atoms with E-state index in [-0.39, 0.29) is 17.9 Å². The standard InChI is InChI=1S/C14H19N3O2S/c1-8(2)9(7-19-3)17-14(18)13-11(15)12-10(20-13)5-4-6-16-12/h4-6,8-9H,7,15H2,1-3H3,(H,17,18). The fourth-order valence-corrected chi connectivity index (χ4v) is 2.91. The van der Waals surface area contributed by atoms with Gasteiger partial charge in [0.05, 0.1) is 23.0 Å². The molecule has 0 aromatic carbocycles. The minimum Gasteiger partial charge on any atom is -0.396 e. The molecule has 0 saturated heterocycles. The third-order valence-corrected chi connectivity index (χ3v) is 4.31. The van der Waals surface area contributed by atoms with E-state index in [0.717, 1.165) is 4.70 Å². The summed E-state index contributed by atoms with van der Waals surface area (Å²) >= 11 is 1.36. The molecular weight excluding hydrogens is 274 g/mol. The molecule has 0 saturated carbocycles. The molecule has 2 heterocycles. The van der Waals surface area contributed by atoms with Gasteiger partial charge in [-0.3, -0.25) is 9.78 Å². The summed E-state index contributed by atoms with van der Waals surface area (Å²) < 4.78 is 6.06. The molecule has 0 aliphatic heterocycles. The lowest BCUT2D eigenvalue weighted by molar-refractivity contribution is 0.0871. The highest BCUT2D eigenvalue weighted by Gasteiger charge is 2.21. The summed E-state index contributed by atoms with van der Waals surface area (Å²) in [7, 11) is 1.62. The van der Waals surface area contributed by atoms with Crippen LogP contribution in [0.5, 0.6) is 0 Å². The van der Waals surface area contributed by atoms with Gasteiger partial charge in [0.15, 0.2) is 0 Å². The number of hydrogen-bond acceptors (Lipinski definition) is 5.